The first-order chi connectivity index (χ1) is 8.17. The van der Waals surface area contributed by atoms with Gasteiger partial charge in [0.2, 0.25) is 11.8 Å². The van der Waals surface area contributed by atoms with Crippen LogP contribution in [0.4, 0.5) is 0 Å². The van der Waals surface area contributed by atoms with Crippen LogP contribution in [0, 0.1) is 0 Å². The first kappa shape index (κ1) is 13.7. The predicted molar refractivity (Wildman–Crippen MR) is 65.3 cm³/mol. The molecule has 96 valence electrons. The molecule has 0 saturated carbocycles. The summed E-state index contributed by atoms with van der Waals surface area (Å²) in [5.41, 5.74) is 5.14. The molecule has 0 bridgehead atoms. The molecule has 1 rings (SSSR count). The number of carbonyl (C=O) groups is 2. The highest BCUT2D eigenvalue weighted by atomic mass is 16.2. The van der Waals surface area contributed by atoms with Crippen LogP contribution in [-0.2, 0) is 9.59 Å². The van der Waals surface area contributed by atoms with Crippen molar-refractivity contribution in [3.63, 3.8) is 0 Å². The topological polar surface area (TPSA) is 78.7 Å². The van der Waals surface area contributed by atoms with Gasteiger partial charge in [-0.05, 0) is 0 Å². The highest BCUT2D eigenvalue weighted by molar-refractivity contribution is 5.85. The Hall–Kier alpha value is -1.40. The molecule has 1 aliphatic rings. The molecule has 0 radical (unpaired) electrons. The van der Waals surface area contributed by atoms with Gasteiger partial charge in [0, 0.05) is 32.7 Å². The van der Waals surface area contributed by atoms with Crippen LogP contribution in [0.5, 0.6) is 0 Å². The van der Waals surface area contributed by atoms with Crippen LogP contribution in [0.25, 0.3) is 0 Å². The quantitative estimate of drug-likeness (QED) is 0.567. The van der Waals surface area contributed by atoms with Crippen molar-refractivity contribution in [2.24, 2.45) is 5.73 Å². The third-order valence-electron chi connectivity index (χ3n) is 2.73. The summed E-state index contributed by atoms with van der Waals surface area (Å²) < 4.78 is 0. The molecule has 0 aromatic carbocycles. The van der Waals surface area contributed by atoms with Crippen LogP contribution in [-0.4, -0.2) is 67.4 Å². The Bertz CT molecular complexity index is 285. The monoisotopic (exact) mass is 240 g/mol. The normalized spacial score (nSPS) is 16.6. The fourth-order valence-corrected chi connectivity index (χ4v) is 1.72. The van der Waals surface area contributed by atoms with Crippen LogP contribution in [0.2, 0.25) is 0 Å². The summed E-state index contributed by atoms with van der Waals surface area (Å²) in [5, 5.41) is 2.48. The van der Waals surface area contributed by atoms with Gasteiger partial charge in [-0.1, -0.05) is 6.08 Å². The Balaban J connectivity index is 2.26. The number of nitrogens with two attached hydrogens (primary N) is 1. The molecule has 1 heterocycles. The van der Waals surface area contributed by atoms with Crippen molar-refractivity contribution in [2.75, 3.05) is 45.8 Å². The third kappa shape index (κ3) is 4.54. The molecular weight excluding hydrogens is 220 g/mol. The van der Waals surface area contributed by atoms with E-state index in [1.54, 1.807) is 4.90 Å². The minimum absolute atomic E-state index is 0.0392. The fraction of sp³-hybridized carbons (Fsp3) is 0.636. The zero-order valence-corrected chi connectivity index (χ0v) is 10.0. The van der Waals surface area contributed by atoms with Crippen molar-refractivity contribution in [1.29, 1.82) is 0 Å². The van der Waals surface area contributed by atoms with Crippen molar-refractivity contribution < 1.29 is 9.59 Å². The molecule has 0 spiro atoms. The van der Waals surface area contributed by atoms with Crippen molar-refractivity contribution in [3.05, 3.63) is 12.7 Å². The minimum Gasteiger partial charge on any atom is -0.346 e. The Morgan fingerprint density at radius 1 is 1.29 bits per heavy atom. The largest absolute Gasteiger partial charge is 0.346 e. The van der Waals surface area contributed by atoms with Crippen LogP contribution < -0.4 is 11.1 Å². The molecule has 2 amide bonds. The van der Waals surface area contributed by atoms with E-state index in [1.165, 1.54) is 0 Å². The lowest BCUT2D eigenvalue weighted by Crippen LogP contribution is -2.51. The molecule has 6 nitrogen and oxygen atoms in total. The van der Waals surface area contributed by atoms with Gasteiger partial charge in [0.1, 0.15) is 0 Å². The molecule has 0 unspecified atom stereocenters. The van der Waals surface area contributed by atoms with Gasteiger partial charge in [0.05, 0.1) is 13.1 Å². The second-order valence-electron chi connectivity index (χ2n) is 3.95. The van der Waals surface area contributed by atoms with Crippen molar-refractivity contribution in [2.45, 2.75) is 0 Å². The summed E-state index contributed by atoms with van der Waals surface area (Å²) in [4.78, 5) is 26.6. The summed E-state index contributed by atoms with van der Waals surface area (Å²) in [6, 6.07) is 0. The van der Waals surface area contributed by atoms with Gasteiger partial charge in [0.25, 0.3) is 0 Å². The van der Waals surface area contributed by atoms with Crippen molar-refractivity contribution in [1.82, 2.24) is 15.1 Å². The van der Waals surface area contributed by atoms with E-state index in [9.17, 15) is 9.59 Å². The lowest BCUT2D eigenvalue weighted by Gasteiger charge is -2.34. The van der Waals surface area contributed by atoms with Gasteiger partial charge in [0.15, 0.2) is 0 Å². The predicted octanol–water partition coefficient (Wildman–Crippen LogP) is -1.61. The second-order valence-corrected chi connectivity index (χ2v) is 3.95. The van der Waals surface area contributed by atoms with E-state index < -0.39 is 0 Å². The molecular formula is C11H20N4O2. The Morgan fingerprint density at radius 3 is 2.47 bits per heavy atom. The molecule has 1 aliphatic heterocycles. The van der Waals surface area contributed by atoms with E-state index in [0.29, 0.717) is 13.1 Å². The number of nitrogens with zero attached hydrogens (tertiary/aromatic N) is 2. The van der Waals surface area contributed by atoms with Gasteiger partial charge in [-0.25, -0.2) is 0 Å². The maximum Gasteiger partial charge on any atom is 0.242 e. The van der Waals surface area contributed by atoms with E-state index in [2.05, 4.69) is 16.8 Å². The smallest absolute Gasteiger partial charge is 0.242 e. The Labute approximate surface area is 101 Å². The zero-order valence-electron chi connectivity index (χ0n) is 10.0. The molecule has 3 N–H and O–H groups in total. The maximum absolute atomic E-state index is 11.7. The summed E-state index contributed by atoms with van der Waals surface area (Å²) in [6.45, 7) is 7.59. The summed E-state index contributed by atoms with van der Waals surface area (Å²) in [6.07, 6.45) is 1.86. The first-order valence-corrected chi connectivity index (χ1v) is 5.75. The molecule has 0 atom stereocenters. The van der Waals surface area contributed by atoms with E-state index in [4.69, 9.17) is 5.73 Å². The van der Waals surface area contributed by atoms with Crippen LogP contribution in [0.1, 0.15) is 0 Å². The van der Waals surface area contributed by atoms with E-state index >= 15 is 0 Å². The van der Waals surface area contributed by atoms with Crippen molar-refractivity contribution >= 4 is 11.8 Å². The molecule has 0 aromatic rings. The van der Waals surface area contributed by atoms with Gasteiger partial charge in [-0.3, -0.25) is 14.5 Å². The third-order valence-corrected chi connectivity index (χ3v) is 2.73. The van der Waals surface area contributed by atoms with E-state index in [1.807, 2.05) is 6.08 Å². The number of hydrogen-bond donors (Lipinski definition) is 2. The molecule has 1 fully saturated rings. The summed E-state index contributed by atoms with van der Waals surface area (Å²) in [5.74, 6) is -0.353. The number of rotatable bonds is 5. The van der Waals surface area contributed by atoms with E-state index in [-0.39, 0.29) is 24.9 Å². The second kappa shape index (κ2) is 7.03. The number of amides is 2. The standard InChI is InChI=1S/C11H20N4O2/c1-2-3-14-4-6-15(7-5-14)11(17)9-13-10(16)8-12/h2H,1,3-9,12H2,(H,13,16). The lowest BCUT2D eigenvalue weighted by atomic mass is 10.3. The number of carbonyl (C=O) groups excluding carboxylic acids is 2. The molecule has 0 aliphatic carbocycles. The van der Waals surface area contributed by atoms with Gasteiger partial charge < -0.3 is 16.0 Å². The number of nitrogens with one attached hydrogen (secondary N) is 1. The summed E-state index contributed by atoms with van der Waals surface area (Å²) >= 11 is 0. The van der Waals surface area contributed by atoms with Gasteiger partial charge >= 0.3 is 0 Å². The molecule has 1 saturated heterocycles. The highest BCUT2D eigenvalue weighted by Crippen LogP contribution is 2.01. The van der Waals surface area contributed by atoms with Gasteiger partial charge in [-0.2, -0.15) is 0 Å². The average molecular weight is 240 g/mol. The Morgan fingerprint density at radius 2 is 1.94 bits per heavy atom. The molecule has 17 heavy (non-hydrogen) atoms. The number of hydrogen-bond acceptors (Lipinski definition) is 4. The maximum atomic E-state index is 11.7. The van der Waals surface area contributed by atoms with Crippen molar-refractivity contribution in [3.8, 4) is 0 Å². The average Bonchev–Trinajstić information content (AvgIpc) is 2.36. The minimum atomic E-state index is -0.302. The SMILES string of the molecule is C=CCN1CCN(C(=O)CNC(=O)CN)CC1. The number of piperazine rings is 1. The van der Waals surface area contributed by atoms with Crippen LogP contribution in [0.15, 0.2) is 12.7 Å². The summed E-state index contributed by atoms with van der Waals surface area (Å²) in [7, 11) is 0. The highest BCUT2D eigenvalue weighted by Gasteiger charge is 2.20. The first-order valence-electron chi connectivity index (χ1n) is 5.75. The van der Waals surface area contributed by atoms with Crippen LogP contribution >= 0.6 is 0 Å². The zero-order chi connectivity index (χ0) is 12.7. The lowest BCUT2D eigenvalue weighted by molar-refractivity contribution is -0.134. The molecule has 6 heteroatoms. The fourth-order valence-electron chi connectivity index (χ4n) is 1.72. The molecule has 0 aromatic heterocycles. The van der Waals surface area contributed by atoms with Gasteiger partial charge in [-0.15, -0.1) is 6.58 Å². The van der Waals surface area contributed by atoms with Crippen LogP contribution in [0.3, 0.4) is 0 Å². The Kier molecular flexibility index (Phi) is 5.65. The van der Waals surface area contributed by atoms with E-state index in [0.717, 1.165) is 19.6 Å².